The fourth-order valence-electron chi connectivity index (χ4n) is 1.17. The fraction of sp³-hybridized carbons (Fsp3) is 0.222. The second kappa shape index (κ2) is 2.30. The van der Waals surface area contributed by atoms with Crippen LogP contribution in [0.15, 0.2) is 16.5 Å². The first-order valence-electron chi connectivity index (χ1n) is 3.71. The van der Waals surface area contributed by atoms with Crippen molar-refractivity contribution in [3.8, 4) is 0 Å². The average molecular weight is 165 g/mol. The summed E-state index contributed by atoms with van der Waals surface area (Å²) in [5.41, 5.74) is 1.42. The molecule has 0 bridgehead atoms. The third-order valence-electron chi connectivity index (χ3n) is 1.80. The second-order valence-corrected chi connectivity index (χ2v) is 2.78. The molecule has 1 aromatic carbocycles. The van der Waals surface area contributed by atoms with E-state index in [-0.39, 0.29) is 11.4 Å². The summed E-state index contributed by atoms with van der Waals surface area (Å²) < 4.78 is 18.4. The van der Waals surface area contributed by atoms with Crippen LogP contribution in [0.4, 0.5) is 4.39 Å². The lowest BCUT2D eigenvalue weighted by Gasteiger charge is -1.93. The molecule has 1 aromatic heterocycles. The number of hydrogen-bond acceptors (Lipinski definition) is 2. The maximum Gasteiger partial charge on any atom is 0.192 e. The van der Waals surface area contributed by atoms with Gasteiger partial charge in [-0.2, -0.15) is 0 Å². The molecule has 2 nitrogen and oxygen atoms in total. The van der Waals surface area contributed by atoms with Crippen molar-refractivity contribution in [2.75, 3.05) is 0 Å². The first-order chi connectivity index (χ1) is 5.68. The van der Waals surface area contributed by atoms with Crippen LogP contribution in [0.25, 0.3) is 11.1 Å². The Balaban J connectivity index is 2.89. The molecule has 0 radical (unpaired) electrons. The van der Waals surface area contributed by atoms with Gasteiger partial charge in [0.2, 0.25) is 0 Å². The Kier molecular flexibility index (Phi) is 1.40. The average Bonchev–Trinajstić information content (AvgIpc) is 2.39. The molecule has 0 fully saturated rings. The molecular weight excluding hydrogens is 157 g/mol. The molecule has 12 heavy (non-hydrogen) atoms. The van der Waals surface area contributed by atoms with E-state index < -0.39 is 0 Å². The normalized spacial score (nSPS) is 10.9. The van der Waals surface area contributed by atoms with Gasteiger partial charge in [0.1, 0.15) is 5.52 Å². The van der Waals surface area contributed by atoms with Gasteiger partial charge in [-0.25, -0.2) is 9.37 Å². The topological polar surface area (TPSA) is 26.0 Å². The van der Waals surface area contributed by atoms with Gasteiger partial charge in [-0.3, -0.25) is 0 Å². The Morgan fingerprint density at radius 1 is 1.33 bits per heavy atom. The SMILES string of the molecule is Cc1nc2ccc(C)c(F)c2o1. The smallest absolute Gasteiger partial charge is 0.192 e. The zero-order valence-electron chi connectivity index (χ0n) is 6.89. The van der Waals surface area contributed by atoms with Gasteiger partial charge in [-0.05, 0) is 18.6 Å². The zero-order chi connectivity index (χ0) is 8.72. The van der Waals surface area contributed by atoms with Gasteiger partial charge in [0, 0.05) is 6.92 Å². The van der Waals surface area contributed by atoms with Crippen LogP contribution >= 0.6 is 0 Å². The first kappa shape index (κ1) is 7.28. The molecule has 3 heteroatoms. The van der Waals surface area contributed by atoms with Gasteiger partial charge in [-0.15, -0.1) is 0 Å². The van der Waals surface area contributed by atoms with Crippen LogP contribution in [0.3, 0.4) is 0 Å². The van der Waals surface area contributed by atoms with E-state index in [0.717, 1.165) is 0 Å². The molecule has 1 heterocycles. The molecule has 0 atom stereocenters. The number of hydrogen-bond donors (Lipinski definition) is 0. The molecule has 2 aromatic rings. The summed E-state index contributed by atoms with van der Waals surface area (Å²) in [4.78, 5) is 4.01. The molecule has 0 aliphatic carbocycles. The van der Waals surface area contributed by atoms with Crippen molar-refractivity contribution in [1.29, 1.82) is 0 Å². The van der Waals surface area contributed by atoms with Crippen LogP contribution in [0, 0.1) is 19.7 Å². The minimum Gasteiger partial charge on any atom is -0.438 e. The summed E-state index contributed by atoms with van der Waals surface area (Å²) in [6.45, 7) is 3.40. The summed E-state index contributed by atoms with van der Waals surface area (Å²) in [5.74, 6) is 0.183. The maximum atomic E-state index is 13.3. The van der Waals surface area contributed by atoms with E-state index in [2.05, 4.69) is 4.98 Å². The van der Waals surface area contributed by atoms with Crippen LogP contribution in [0.5, 0.6) is 0 Å². The van der Waals surface area contributed by atoms with Crippen molar-refractivity contribution >= 4 is 11.1 Å². The van der Waals surface area contributed by atoms with E-state index in [1.54, 1.807) is 26.0 Å². The summed E-state index contributed by atoms with van der Waals surface area (Å²) in [5, 5.41) is 0. The van der Waals surface area contributed by atoms with E-state index in [1.807, 2.05) is 0 Å². The van der Waals surface area contributed by atoms with Crippen LogP contribution in [0.2, 0.25) is 0 Å². The van der Waals surface area contributed by atoms with Gasteiger partial charge in [0.25, 0.3) is 0 Å². The van der Waals surface area contributed by atoms with Crippen molar-refractivity contribution in [2.24, 2.45) is 0 Å². The van der Waals surface area contributed by atoms with Crippen molar-refractivity contribution in [3.05, 3.63) is 29.4 Å². The molecule has 0 unspecified atom stereocenters. The summed E-state index contributed by atoms with van der Waals surface area (Å²) >= 11 is 0. The van der Waals surface area contributed by atoms with Crippen LogP contribution in [0.1, 0.15) is 11.5 Å². The predicted octanol–water partition coefficient (Wildman–Crippen LogP) is 2.58. The number of aromatic nitrogens is 1. The van der Waals surface area contributed by atoms with Crippen molar-refractivity contribution in [2.45, 2.75) is 13.8 Å². The molecule has 62 valence electrons. The van der Waals surface area contributed by atoms with Crippen molar-refractivity contribution in [3.63, 3.8) is 0 Å². The number of nitrogens with zero attached hydrogens (tertiary/aromatic N) is 1. The van der Waals surface area contributed by atoms with Gasteiger partial charge < -0.3 is 4.42 Å². The lowest BCUT2D eigenvalue weighted by Crippen LogP contribution is -1.81. The predicted molar refractivity (Wildman–Crippen MR) is 43.4 cm³/mol. The number of halogens is 1. The van der Waals surface area contributed by atoms with Crippen molar-refractivity contribution in [1.82, 2.24) is 4.98 Å². The Morgan fingerprint density at radius 2 is 2.08 bits per heavy atom. The van der Waals surface area contributed by atoms with E-state index in [9.17, 15) is 4.39 Å². The quantitative estimate of drug-likeness (QED) is 0.599. The Labute approximate surface area is 69.0 Å². The molecule has 0 amide bonds. The Hall–Kier alpha value is -1.38. The maximum absolute atomic E-state index is 13.3. The minimum atomic E-state index is -0.312. The lowest BCUT2D eigenvalue weighted by molar-refractivity contribution is 0.525. The Morgan fingerprint density at radius 3 is 2.83 bits per heavy atom. The van der Waals surface area contributed by atoms with Crippen LogP contribution in [-0.4, -0.2) is 4.98 Å². The molecule has 0 saturated carbocycles. The molecule has 0 aliphatic rings. The van der Waals surface area contributed by atoms with E-state index in [4.69, 9.17) is 4.42 Å². The van der Waals surface area contributed by atoms with Gasteiger partial charge in [0.15, 0.2) is 17.3 Å². The minimum absolute atomic E-state index is 0.257. The van der Waals surface area contributed by atoms with E-state index in [0.29, 0.717) is 17.0 Å². The van der Waals surface area contributed by atoms with Crippen LogP contribution in [-0.2, 0) is 0 Å². The van der Waals surface area contributed by atoms with E-state index >= 15 is 0 Å². The molecular formula is C9H8FNO. The molecule has 0 saturated heterocycles. The molecule has 2 rings (SSSR count). The number of benzene rings is 1. The highest BCUT2D eigenvalue weighted by Crippen LogP contribution is 2.20. The largest absolute Gasteiger partial charge is 0.438 e. The van der Waals surface area contributed by atoms with Gasteiger partial charge >= 0.3 is 0 Å². The number of aryl methyl sites for hydroxylation is 2. The summed E-state index contributed by atoms with van der Waals surface area (Å²) in [6, 6.07) is 3.45. The molecule has 0 N–H and O–H groups in total. The summed E-state index contributed by atoms with van der Waals surface area (Å²) in [7, 11) is 0. The number of fused-ring (bicyclic) bond motifs is 1. The van der Waals surface area contributed by atoms with Crippen molar-refractivity contribution < 1.29 is 8.81 Å². The highest BCUT2D eigenvalue weighted by Gasteiger charge is 2.09. The monoisotopic (exact) mass is 165 g/mol. The third kappa shape index (κ3) is 0.897. The lowest BCUT2D eigenvalue weighted by atomic mass is 10.2. The molecule has 0 spiro atoms. The highest BCUT2D eigenvalue weighted by atomic mass is 19.1. The standard InChI is InChI=1S/C9H8FNO/c1-5-3-4-7-9(8(5)10)12-6(2)11-7/h3-4H,1-2H3. The third-order valence-corrected chi connectivity index (χ3v) is 1.80. The highest BCUT2D eigenvalue weighted by molar-refractivity contribution is 5.74. The number of rotatable bonds is 0. The van der Waals surface area contributed by atoms with Gasteiger partial charge in [-0.1, -0.05) is 6.07 Å². The number of oxazole rings is 1. The summed E-state index contributed by atoms with van der Waals surface area (Å²) in [6.07, 6.45) is 0. The zero-order valence-corrected chi connectivity index (χ0v) is 6.89. The molecule has 0 aliphatic heterocycles. The second-order valence-electron chi connectivity index (χ2n) is 2.78. The van der Waals surface area contributed by atoms with Gasteiger partial charge in [0.05, 0.1) is 0 Å². The fourth-order valence-corrected chi connectivity index (χ4v) is 1.17. The Bertz CT molecular complexity index is 433. The van der Waals surface area contributed by atoms with E-state index in [1.165, 1.54) is 0 Å². The first-order valence-corrected chi connectivity index (χ1v) is 3.71. The van der Waals surface area contributed by atoms with Crippen LogP contribution < -0.4 is 0 Å².